The van der Waals surface area contributed by atoms with Gasteiger partial charge in [0.2, 0.25) is 0 Å². The molecule has 2 nitrogen and oxygen atoms in total. The lowest BCUT2D eigenvalue weighted by Gasteiger charge is -2.26. The fraction of sp³-hybridized carbons (Fsp3) is 0.647. The molecule has 0 amide bonds. The van der Waals surface area contributed by atoms with E-state index >= 15 is 0 Å². The van der Waals surface area contributed by atoms with Crippen LogP contribution < -0.4 is 10.1 Å². The highest BCUT2D eigenvalue weighted by molar-refractivity contribution is 5.41. The van der Waals surface area contributed by atoms with E-state index in [9.17, 15) is 0 Å². The molecule has 108 valence electrons. The standard InChI is InChI=1S/C17H29NO/c1-12(2)18-11-14(4)19-16-10-13(3)8-9-15(16)17(5,6)7/h8-10,12,14,18H,11H2,1-7H3. The van der Waals surface area contributed by atoms with Crippen molar-refractivity contribution in [3.05, 3.63) is 29.3 Å². The molecule has 0 radical (unpaired) electrons. The maximum atomic E-state index is 6.14. The molecule has 1 N–H and O–H groups in total. The van der Waals surface area contributed by atoms with Crippen molar-refractivity contribution in [2.24, 2.45) is 0 Å². The van der Waals surface area contributed by atoms with Crippen LogP contribution in [0.5, 0.6) is 5.75 Å². The highest BCUT2D eigenvalue weighted by Gasteiger charge is 2.20. The molecule has 0 aliphatic rings. The third-order valence-corrected chi connectivity index (χ3v) is 3.09. The SMILES string of the molecule is Cc1ccc(C(C)(C)C)c(OC(C)CNC(C)C)c1. The van der Waals surface area contributed by atoms with Crippen molar-refractivity contribution in [3.63, 3.8) is 0 Å². The van der Waals surface area contributed by atoms with E-state index in [-0.39, 0.29) is 11.5 Å². The monoisotopic (exact) mass is 263 g/mol. The van der Waals surface area contributed by atoms with Crippen molar-refractivity contribution >= 4 is 0 Å². The van der Waals surface area contributed by atoms with Gasteiger partial charge in [0.05, 0.1) is 0 Å². The first-order valence-corrected chi connectivity index (χ1v) is 7.21. The normalized spacial score (nSPS) is 13.7. The summed E-state index contributed by atoms with van der Waals surface area (Å²) >= 11 is 0. The molecular formula is C17H29NO. The summed E-state index contributed by atoms with van der Waals surface area (Å²) in [6, 6.07) is 6.98. The number of rotatable bonds is 5. The second-order valence-corrected chi connectivity index (χ2v) is 6.74. The second kappa shape index (κ2) is 6.42. The topological polar surface area (TPSA) is 21.3 Å². The van der Waals surface area contributed by atoms with Gasteiger partial charge in [0.15, 0.2) is 0 Å². The van der Waals surface area contributed by atoms with Crippen molar-refractivity contribution in [1.82, 2.24) is 5.32 Å². The molecule has 2 heteroatoms. The smallest absolute Gasteiger partial charge is 0.123 e. The summed E-state index contributed by atoms with van der Waals surface area (Å²) in [7, 11) is 0. The van der Waals surface area contributed by atoms with Gasteiger partial charge < -0.3 is 10.1 Å². The summed E-state index contributed by atoms with van der Waals surface area (Å²) < 4.78 is 6.14. The Kier molecular flexibility index (Phi) is 5.42. The van der Waals surface area contributed by atoms with Crippen molar-refractivity contribution < 1.29 is 4.74 Å². The number of hydrogen-bond acceptors (Lipinski definition) is 2. The third kappa shape index (κ3) is 5.23. The maximum absolute atomic E-state index is 6.14. The van der Waals surface area contributed by atoms with Gasteiger partial charge in [0, 0.05) is 12.6 Å². The minimum Gasteiger partial charge on any atom is -0.489 e. The summed E-state index contributed by atoms with van der Waals surface area (Å²) in [6.45, 7) is 16.1. The quantitative estimate of drug-likeness (QED) is 0.865. The van der Waals surface area contributed by atoms with E-state index in [1.165, 1.54) is 11.1 Å². The van der Waals surface area contributed by atoms with Gasteiger partial charge in [0.1, 0.15) is 11.9 Å². The Morgan fingerprint density at radius 1 is 1.16 bits per heavy atom. The van der Waals surface area contributed by atoms with E-state index in [0.717, 1.165) is 12.3 Å². The maximum Gasteiger partial charge on any atom is 0.123 e. The number of nitrogens with one attached hydrogen (secondary N) is 1. The molecule has 0 aliphatic heterocycles. The van der Waals surface area contributed by atoms with Crippen LogP contribution >= 0.6 is 0 Å². The van der Waals surface area contributed by atoms with Gasteiger partial charge in [-0.1, -0.05) is 46.8 Å². The molecule has 1 atom stereocenters. The average molecular weight is 263 g/mol. The zero-order valence-electron chi connectivity index (χ0n) is 13.5. The molecule has 0 bridgehead atoms. The Labute approximate surface area is 118 Å². The molecule has 1 unspecified atom stereocenters. The number of ether oxygens (including phenoxy) is 1. The van der Waals surface area contributed by atoms with Crippen LogP contribution in [0, 0.1) is 6.92 Å². The van der Waals surface area contributed by atoms with Crippen LogP contribution in [0.4, 0.5) is 0 Å². The Hall–Kier alpha value is -1.02. The largest absolute Gasteiger partial charge is 0.489 e. The van der Waals surface area contributed by atoms with Gasteiger partial charge in [-0.05, 0) is 36.5 Å². The zero-order chi connectivity index (χ0) is 14.6. The molecule has 0 aromatic heterocycles. The van der Waals surface area contributed by atoms with Crippen LogP contribution in [0.25, 0.3) is 0 Å². The van der Waals surface area contributed by atoms with Crippen LogP contribution in [-0.2, 0) is 5.41 Å². The number of hydrogen-bond donors (Lipinski definition) is 1. The minimum absolute atomic E-state index is 0.105. The highest BCUT2D eigenvalue weighted by Crippen LogP contribution is 2.32. The summed E-state index contributed by atoms with van der Waals surface area (Å²) in [5.74, 6) is 1.02. The van der Waals surface area contributed by atoms with E-state index in [2.05, 4.69) is 72.0 Å². The highest BCUT2D eigenvalue weighted by atomic mass is 16.5. The Balaban J connectivity index is 2.84. The molecule has 19 heavy (non-hydrogen) atoms. The van der Waals surface area contributed by atoms with Crippen LogP contribution in [0.2, 0.25) is 0 Å². The second-order valence-electron chi connectivity index (χ2n) is 6.74. The first-order chi connectivity index (χ1) is 8.70. The van der Waals surface area contributed by atoms with Crippen molar-refractivity contribution in [3.8, 4) is 5.75 Å². The predicted molar refractivity (Wildman–Crippen MR) is 83.1 cm³/mol. The molecule has 0 saturated carbocycles. The Morgan fingerprint density at radius 3 is 2.32 bits per heavy atom. The molecule has 0 aliphatic carbocycles. The van der Waals surface area contributed by atoms with Gasteiger partial charge >= 0.3 is 0 Å². The van der Waals surface area contributed by atoms with Gasteiger partial charge in [0.25, 0.3) is 0 Å². The van der Waals surface area contributed by atoms with Crippen LogP contribution in [-0.4, -0.2) is 18.7 Å². The molecule has 0 heterocycles. The fourth-order valence-corrected chi connectivity index (χ4v) is 2.01. The molecule has 1 aromatic carbocycles. The van der Waals surface area contributed by atoms with E-state index in [1.807, 2.05) is 0 Å². The summed E-state index contributed by atoms with van der Waals surface area (Å²) in [5, 5.41) is 3.41. The Morgan fingerprint density at radius 2 is 1.79 bits per heavy atom. The minimum atomic E-state index is 0.105. The lowest BCUT2D eigenvalue weighted by atomic mass is 9.86. The summed E-state index contributed by atoms with van der Waals surface area (Å²) in [6.07, 6.45) is 0.172. The lowest BCUT2D eigenvalue weighted by Crippen LogP contribution is -2.33. The van der Waals surface area contributed by atoms with E-state index in [4.69, 9.17) is 4.74 Å². The van der Waals surface area contributed by atoms with Gasteiger partial charge in [-0.25, -0.2) is 0 Å². The van der Waals surface area contributed by atoms with E-state index < -0.39 is 0 Å². The van der Waals surface area contributed by atoms with Crippen molar-refractivity contribution in [2.75, 3.05) is 6.54 Å². The molecule has 0 spiro atoms. The van der Waals surface area contributed by atoms with Gasteiger partial charge in [-0.15, -0.1) is 0 Å². The number of aryl methyl sites for hydroxylation is 1. The Bertz CT molecular complexity index is 404. The van der Waals surface area contributed by atoms with Crippen molar-refractivity contribution in [1.29, 1.82) is 0 Å². The van der Waals surface area contributed by atoms with Crippen LogP contribution in [0.3, 0.4) is 0 Å². The third-order valence-electron chi connectivity index (χ3n) is 3.09. The van der Waals surface area contributed by atoms with Crippen LogP contribution in [0.1, 0.15) is 52.7 Å². The molecular weight excluding hydrogens is 234 g/mol. The summed E-state index contributed by atoms with van der Waals surface area (Å²) in [4.78, 5) is 0. The fourth-order valence-electron chi connectivity index (χ4n) is 2.01. The molecule has 1 rings (SSSR count). The first-order valence-electron chi connectivity index (χ1n) is 7.21. The first kappa shape index (κ1) is 16.0. The summed E-state index contributed by atoms with van der Waals surface area (Å²) in [5.41, 5.74) is 2.62. The van der Waals surface area contributed by atoms with Crippen molar-refractivity contribution in [2.45, 2.75) is 66.0 Å². The molecule has 1 aromatic rings. The van der Waals surface area contributed by atoms with Gasteiger partial charge in [-0.2, -0.15) is 0 Å². The predicted octanol–water partition coefficient (Wildman–Crippen LogP) is 4.06. The van der Waals surface area contributed by atoms with Gasteiger partial charge in [-0.3, -0.25) is 0 Å². The molecule has 0 saturated heterocycles. The van der Waals surface area contributed by atoms with E-state index in [0.29, 0.717) is 6.04 Å². The zero-order valence-corrected chi connectivity index (χ0v) is 13.5. The lowest BCUT2D eigenvalue weighted by molar-refractivity contribution is 0.209. The van der Waals surface area contributed by atoms with E-state index in [1.54, 1.807) is 0 Å². The average Bonchev–Trinajstić information content (AvgIpc) is 2.24. The number of benzene rings is 1. The molecule has 0 fully saturated rings. The van der Waals surface area contributed by atoms with Crippen LogP contribution in [0.15, 0.2) is 18.2 Å².